The average Bonchev–Trinajstić information content (AvgIpc) is 3.04. The molecule has 1 nitrogen and oxygen atoms in total. The van der Waals surface area contributed by atoms with Gasteiger partial charge in [-0.3, -0.25) is 0 Å². The fraction of sp³-hybridized carbons (Fsp3) is 0.286. The minimum atomic E-state index is 0.605. The zero-order valence-electron chi connectivity index (χ0n) is 14.8. The molecule has 0 aliphatic rings. The van der Waals surface area contributed by atoms with Crippen LogP contribution in [0.2, 0.25) is 5.15 Å². The minimum Gasteiger partial charge on any atom is -0.243 e. The van der Waals surface area contributed by atoms with Gasteiger partial charge in [0.25, 0.3) is 0 Å². The van der Waals surface area contributed by atoms with Crippen molar-refractivity contribution < 1.29 is 0 Å². The summed E-state index contributed by atoms with van der Waals surface area (Å²) in [5, 5.41) is 3.18. The van der Waals surface area contributed by atoms with E-state index in [-0.39, 0.29) is 0 Å². The lowest BCUT2D eigenvalue weighted by Crippen LogP contribution is -1.92. The first-order valence-electron chi connectivity index (χ1n) is 8.51. The number of hydrogen-bond donors (Lipinski definition) is 0. The fourth-order valence-corrected chi connectivity index (χ4v) is 6.27. The van der Waals surface area contributed by atoms with Crippen LogP contribution in [0.3, 0.4) is 0 Å². The zero-order chi connectivity index (χ0) is 17.7. The van der Waals surface area contributed by atoms with E-state index in [1.165, 1.54) is 41.9 Å². The van der Waals surface area contributed by atoms with Gasteiger partial charge in [0.2, 0.25) is 0 Å². The summed E-state index contributed by atoms with van der Waals surface area (Å²) in [7, 11) is 0. The molecule has 0 bridgehead atoms. The lowest BCUT2D eigenvalue weighted by molar-refractivity contribution is 0.648. The molecule has 4 rings (SSSR count). The molecule has 0 spiro atoms. The Morgan fingerprint density at radius 2 is 1.88 bits per heavy atom. The van der Waals surface area contributed by atoms with Crippen molar-refractivity contribution in [2.75, 3.05) is 0 Å². The molecular weight excluding hydrogens is 366 g/mol. The maximum Gasteiger partial charge on any atom is 0.146 e. The number of nitrogens with zero attached hydrogens (tertiary/aromatic N) is 1. The predicted octanol–water partition coefficient (Wildman–Crippen LogP) is 7.65. The highest BCUT2D eigenvalue weighted by Crippen LogP contribution is 2.46. The Morgan fingerprint density at radius 3 is 2.60 bits per heavy atom. The van der Waals surface area contributed by atoms with Crippen LogP contribution in [0.5, 0.6) is 0 Å². The number of pyridine rings is 1. The summed E-state index contributed by atoms with van der Waals surface area (Å²) in [6.07, 6.45) is 2.93. The highest BCUT2D eigenvalue weighted by atomic mass is 35.5. The summed E-state index contributed by atoms with van der Waals surface area (Å²) < 4.78 is 2.47. The Bertz CT molecular complexity index is 1090. The van der Waals surface area contributed by atoms with Crippen molar-refractivity contribution in [2.45, 2.75) is 34.1 Å². The molecule has 0 fully saturated rings. The van der Waals surface area contributed by atoms with Gasteiger partial charge in [0, 0.05) is 37.0 Å². The Kier molecular flexibility index (Phi) is 4.35. The molecule has 0 atom stereocenters. The van der Waals surface area contributed by atoms with Gasteiger partial charge >= 0.3 is 0 Å². The van der Waals surface area contributed by atoms with Crippen molar-refractivity contribution in [1.82, 2.24) is 4.98 Å². The third-order valence-corrected chi connectivity index (χ3v) is 7.41. The van der Waals surface area contributed by atoms with Crippen molar-refractivity contribution in [3.8, 4) is 10.4 Å². The molecule has 3 aromatic heterocycles. The summed E-state index contributed by atoms with van der Waals surface area (Å²) in [4.78, 5) is 6.94. The molecule has 0 saturated carbocycles. The molecule has 0 amide bonds. The molecule has 25 heavy (non-hydrogen) atoms. The first-order chi connectivity index (χ1) is 12.0. The maximum atomic E-state index is 6.33. The number of hydrogen-bond acceptors (Lipinski definition) is 3. The Labute approximate surface area is 161 Å². The second-order valence-corrected chi connectivity index (χ2v) is 9.63. The molecule has 4 heteroatoms. The van der Waals surface area contributed by atoms with E-state index in [9.17, 15) is 0 Å². The van der Waals surface area contributed by atoms with E-state index < -0.39 is 0 Å². The van der Waals surface area contributed by atoms with Crippen LogP contribution in [0, 0.1) is 19.8 Å². The standard InChI is InChI=1S/C21H20ClNS2/c1-11(2)9-14-5-6-16-17(10-14)24-13(4)18(16)19-12(3)15-7-8-23-21(22)20(15)25-19/h5-8,10-11H,9H2,1-4H3. The fourth-order valence-electron chi connectivity index (χ4n) is 3.50. The van der Waals surface area contributed by atoms with E-state index in [0.717, 1.165) is 11.1 Å². The lowest BCUT2D eigenvalue weighted by atomic mass is 10.00. The minimum absolute atomic E-state index is 0.605. The number of fused-ring (bicyclic) bond motifs is 2. The summed E-state index contributed by atoms with van der Waals surface area (Å²) in [5.41, 5.74) is 4.10. The van der Waals surface area contributed by atoms with E-state index in [0.29, 0.717) is 11.1 Å². The van der Waals surface area contributed by atoms with Crippen LogP contribution >= 0.6 is 34.3 Å². The van der Waals surface area contributed by atoms with Gasteiger partial charge < -0.3 is 0 Å². The SMILES string of the molecule is Cc1sc2cc(CC(C)C)ccc2c1-c1sc2c(Cl)nccc2c1C. The summed E-state index contributed by atoms with van der Waals surface area (Å²) in [6, 6.07) is 9.03. The average molecular weight is 386 g/mol. The number of benzene rings is 1. The summed E-state index contributed by atoms with van der Waals surface area (Å²) >= 11 is 9.99. The van der Waals surface area contributed by atoms with E-state index in [1.54, 1.807) is 17.5 Å². The summed E-state index contributed by atoms with van der Waals surface area (Å²) in [6.45, 7) is 8.97. The van der Waals surface area contributed by atoms with Gasteiger partial charge in [-0.2, -0.15) is 0 Å². The first kappa shape index (κ1) is 17.0. The number of aryl methyl sites for hydroxylation is 2. The highest BCUT2D eigenvalue weighted by molar-refractivity contribution is 7.24. The van der Waals surface area contributed by atoms with Crippen molar-refractivity contribution >= 4 is 54.4 Å². The second kappa shape index (κ2) is 6.39. The lowest BCUT2D eigenvalue weighted by Gasteiger charge is -2.05. The molecule has 0 N–H and O–H groups in total. The third kappa shape index (κ3) is 2.88. The van der Waals surface area contributed by atoms with Crippen LogP contribution in [-0.2, 0) is 6.42 Å². The molecule has 4 aromatic rings. The maximum absolute atomic E-state index is 6.33. The third-order valence-electron chi connectivity index (χ3n) is 4.61. The molecule has 3 heterocycles. The van der Waals surface area contributed by atoms with Gasteiger partial charge in [0.15, 0.2) is 0 Å². The molecule has 128 valence electrons. The quantitative estimate of drug-likeness (QED) is 0.330. The van der Waals surface area contributed by atoms with Crippen LogP contribution in [0.25, 0.3) is 30.6 Å². The van der Waals surface area contributed by atoms with E-state index in [1.807, 2.05) is 11.3 Å². The van der Waals surface area contributed by atoms with Crippen LogP contribution in [0.4, 0.5) is 0 Å². The number of rotatable bonds is 3. The van der Waals surface area contributed by atoms with Gasteiger partial charge in [0.05, 0.1) is 4.70 Å². The first-order valence-corrected chi connectivity index (χ1v) is 10.5. The molecule has 0 aliphatic heterocycles. The van der Waals surface area contributed by atoms with Crippen molar-refractivity contribution in [2.24, 2.45) is 5.92 Å². The zero-order valence-corrected chi connectivity index (χ0v) is 17.2. The highest BCUT2D eigenvalue weighted by Gasteiger charge is 2.19. The topological polar surface area (TPSA) is 12.9 Å². The second-order valence-electron chi connectivity index (χ2n) is 7.00. The van der Waals surface area contributed by atoms with Gasteiger partial charge in [-0.15, -0.1) is 22.7 Å². The Morgan fingerprint density at radius 1 is 1.08 bits per heavy atom. The van der Waals surface area contributed by atoms with Crippen LogP contribution in [-0.4, -0.2) is 4.98 Å². The van der Waals surface area contributed by atoms with Crippen LogP contribution in [0.15, 0.2) is 30.5 Å². The van der Waals surface area contributed by atoms with E-state index in [4.69, 9.17) is 11.6 Å². The molecule has 1 aromatic carbocycles. The predicted molar refractivity (Wildman–Crippen MR) is 113 cm³/mol. The van der Waals surface area contributed by atoms with Crippen molar-refractivity contribution in [3.63, 3.8) is 0 Å². The number of halogens is 1. The monoisotopic (exact) mass is 385 g/mol. The van der Waals surface area contributed by atoms with E-state index in [2.05, 4.69) is 56.9 Å². The molecule has 0 radical (unpaired) electrons. The molecule has 0 aliphatic carbocycles. The van der Waals surface area contributed by atoms with Gasteiger partial charge in [-0.1, -0.05) is 37.6 Å². The van der Waals surface area contributed by atoms with Crippen LogP contribution in [0.1, 0.15) is 29.9 Å². The Hall–Kier alpha value is -1.42. The van der Waals surface area contributed by atoms with E-state index >= 15 is 0 Å². The van der Waals surface area contributed by atoms with Gasteiger partial charge in [0.1, 0.15) is 5.15 Å². The smallest absolute Gasteiger partial charge is 0.146 e. The number of aromatic nitrogens is 1. The summed E-state index contributed by atoms with van der Waals surface area (Å²) in [5.74, 6) is 0.678. The normalized spacial score (nSPS) is 11.9. The van der Waals surface area contributed by atoms with Gasteiger partial charge in [-0.25, -0.2) is 4.98 Å². The van der Waals surface area contributed by atoms with Crippen molar-refractivity contribution in [1.29, 1.82) is 0 Å². The van der Waals surface area contributed by atoms with Crippen LogP contribution < -0.4 is 0 Å². The number of thiophene rings is 2. The molecule has 0 unspecified atom stereocenters. The molecule has 0 saturated heterocycles. The Balaban J connectivity index is 1.94. The van der Waals surface area contributed by atoms with Crippen molar-refractivity contribution in [3.05, 3.63) is 51.6 Å². The molecular formula is C21H20ClNS2. The largest absolute Gasteiger partial charge is 0.243 e. The van der Waals surface area contributed by atoms with Gasteiger partial charge in [-0.05, 0) is 49.4 Å².